The Morgan fingerprint density at radius 2 is 2.08 bits per heavy atom. The summed E-state index contributed by atoms with van der Waals surface area (Å²) < 4.78 is 4.67. The number of carbonyl (C=O) groups excluding carboxylic acids is 1. The summed E-state index contributed by atoms with van der Waals surface area (Å²) in [5, 5.41) is 28.0. The van der Waals surface area contributed by atoms with Gasteiger partial charge in [-0.3, -0.25) is 0 Å². The molecule has 0 aromatic rings. The number of ether oxygens (including phenoxy) is 1. The van der Waals surface area contributed by atoms with E-state index in [-0.39, 0.29) is 12.8 Å². The average Bonchev–Trinajstić information content (AvgIpc) is 2.22. The molecule has 12 heavy (non-hydrogen) atoms. The van der Waals surface area contributed by atoms with Crippen molar-refractivity contribution in [2.24, 2.45) is 0 Å². The van der Waals surface area contributed by atoms with Crippen LogP contribution in [0.2, 0.25) is 0 Å². The third kappa shape index (κ3) is 0.872. The molecule has 0 radical (unpaired) electrons. The van der Waals surface area contributed by atoms with Gasteiger partial charge in [-0.15, -0.1) is 0 Å². The van der Waals surface area contributed by atoms with Gasteiger partial charge in [0.15, 0.2) is 5.60 Å². The maximum Gasteiger partial charge on any atom is 0.338 e. The van der Waals surface area contributed by atoms with Crippen molar-refractivity contribution in [2.45, 2.75) is 36.8 Å². The lowest BCUT2D eigenvalue weighted by Crippen LogP contribution is -2.48. The van der Waals surface area contributed by atoms with Gasteiger partial charge in [-0.25, -0.2) is 4.79 Å². The zero-order valence-corrected chi connectivity index (χ0v) is 6.30. The first-order chi connectivity index (χ1) is 5.53. The van der Waals surface area contributed by atoms with Crippen LogP contribution in [-0.4, -0.2) is 45.2 Å². The number of esters is 1. The average molecular weight is 174 g/mol. The fraction of sp³-hybridized carbons (Fsp3) is 0.857. The number of rotatable bonds is 0. The van der Waals surface area contributed by atoms with Crippen molar-refractivity contribution >= 4 is 5.97 Å². The van der Waals surface area contributed by atoms with Crippen molar-refractivity contribution in [1.82, 2.24) is 0 Å². The predicted molar refractivity (Wildman–Crippen MR) is 36.1 cm³/mol. The second kappa shape index (κ2) is 2.18. The van der Waals surface area contributed by atoms with Crippen LogP contribution in [0.5, 0.6) is 0 Å². The SMILES string of the molecule is O=C1OC2CC1(O)CC(O)C2O. The van der Waals surface area contributed by atoms with Gasteiger partial charge in [-0.1, -0.05) is 0 Å². The van der Waals surface area contributed by atoms with Gasteiger partial charge in [0.1, 0.15) is 12.2 Å². The highest BCUT2D eigenvalue weighted by atomic mass is 16.6. The molecule has 0 amide bonds. The molecule has 4 atom stereocenters. The molecule has 2 bridgehead atoms. The van der Waals surface area contributed by atoms with Gasteiger partial charge in [0.05, 0.1) is 6.10 Å². The van der Waals surface area contributed by atoms with Crippen molar-refractivity contribution in [2.75, 3.05) is 0 Å². The third-order valence-corrected chi connectivity index (χ3v) is 2.50. The fourth-order valence-electron chi connectivity index (χ4n) is 1.78. The quantitative estimate of drug-likeness (QED) is 0.375. The molecule has 1 heterocycles. The van der Waals surface area contributed by atoms with Crippen LogP contribution in [0.3, 0.4) is 0 Å². The summed E-state index contributed by atoms with van der Waals surface area (Å²) in [5.74, 6) is -0.733. The molecule has 5 heteroatoms. The first-order valence-corrected chi connectivity index (χ1v) is 3.82. The number of aliphatic hydroxyl groups is 3. The van der Waals surface area contributed by atoms with Crippen molar-refractivity contribution in [3.05, 3.63) is 0 Å². The molecule has 2 aliphatic rings. The molecule has 4 unspecified atom stereocenters. The summed E-state index contributed by atoms with van der Waals surface area (Å²) in [5.41, 5.74) is -1.57. The van der Waals surface area contributed by atoms with E-state index in [0.29, 0.717) is 0 Å². The van der Waals surface area contributed by atoms with Crippen LogP contribution in [-0.2, 0) is 9.53 Å². The molecule has 68 valence electrons. The van der Waals surface area contributed by atoms with Gasteiger partial charge in [0, 0.05) is 12.8 Å². The first-order valence-electron chi connectivity index (χ1n) is 3.82. The number of aliphatic hydroxyl groups excluding tert-OH is 2. The van der Waals surface area contributed by atoms with Crippen molar-refractivity contribution in [3.8, 4) is 0 Å². The van der Waals surface area contributed by atoms with E-state index < -0.39 is 29.9 Å². The minimum absolute atomic E-state index is 0.0874. The predicted octanol–water partition coefficient (Wildman–Crippen LogP) is -1.84. The zero-order chi connectivity index (χ0) is 8.93. The summed E-state index contributed by atoms with van der Waals surface area (Å²) in [7, 11) is 0. The molecule has 1 saturated heterocycles. The first kappa shape index (κ1) is 7.97. The van der Waals surface area contributed by atoms with Crippen molar-refractivity contribution in [3.63, 3.8) is 0 Å². The van der Waals surface area contributed by atoms with Crippen molar-refractivity contribution in [1.29, 1.82) is 0 Å². The van der Waals surface area contributed by atoms with Crippen LogP contribution in [0, 0.1) is 0 Å². The Balaban J connectivity index is 2.28. The summed E-state index contributed by atoms with van der Waals surface area (Å²) in [6, 6.07) is 0. The number of fused-ring (bicyclic) bond motifs is 2. The molecular formula is C7H10O5. The highest BCUT2D eigenvalue weighted by Gasteiger charge is 2.56. The summed E-state index contributed by atoms with van der Waals surface area (Å²) >= 11 is 0. The lowest BCUT2D eigenvalue weighted by molar-refractivity contribution is -0.154. The second-order valence-corrected chi connectivity index (χ2v) is 3.44. The summed E-state index contributed by atoms with van der Waals surface area (Å²) in [6.45, 7) is 0. The van der Waals surface area contributed by atoms with Crippen LogP contribution in [0.1, 0.15) is 12.8 Å². The van der Waals surface area contributed by atoms with Crippen LogP contribution >= 0.6 is 0 Å². The van der Waals surface area contributed by atoms with E-state index in [1.807, 2.05) is 0 Å². The molecule has 0 aromatic carbocycles. The molecule has 1 aliphatic carbocycles. The van der Waals surface area contributed by atoms with Gasteiger partial charge in [0.2, 0.25) is 0 Å². The molecule has 0 spiro atoms. The van der Waals surface area contributed by atoms with E-state index in [1.165, 1.54) is 0 Å². The van der Waals surface area contributed by atoms with Crippen LogP contribution in [0.4, 0.5) is 0 Å². The molecule has 3 N–H and O–H groups in total. The Morgan fingerprint density at radius 3 is 2.75 bits per heavy atom. The van der Waals surface area contributed by atoms with Crippen LogP contribution < -0.4 is 0 Å². The zero-order valence-electron chi connectivity index (χ0n) is 6.30. The van der Waals surface area contributed by atoms with Crippen LogP contribution in [0.15, 0.2) is 0 Å². The Hall–Kier alpha value is -0.650. The minimum Gasteiger partial charge on any atom is -0.457 e. The van der Waals surface area contributed by atoms with Gasteiger partial charge in [0.25, 0.3) is 0 Å². The molecule has 5 nitrogen and oxygen atoms in total. The molecule has 2 rings (SSSR count). The van der Waals surface area contributed by atoms with Gasteiger partial charge < -0.3 is 20.1 Å². The number of hydrogen-bond donors (Lipinski definition) is 3. The normalized spacial score (nSPS) is 52.2. The van der Waals surface area contributed by atoms with Crippen molar-refractivity contribution < 1.29 is 24.9 Å². The Morgan fingerprint density at radius 1 is 1.42 bits per heavy atom. The number of carbonyl (C=O) groups is 1. The van der Waals surface area contributed by atoms with E-state index in [0.717, 1.165) is 0 Å². The summed E-state index contributed by atoms with van der Waals surface area (Å²) in [4.78, 5) is 11.0. The monoisotopic (exact) mass is 174 g/mol. The standard InChI is InChI=1S/C7H10O5/c8-3-1-7(11)2-4(5(3)9)12-6(7)10/h3-5,8-9,11H,1-2H2. The van der Waals surface area contributed by atoms with E-state index >= 15 is 0 Å². The van der Waals surface area contributed by atoms with Gasteiger partial charge >= 0.3 is 5.97 Å². The van der Waals surface area contributed by atoms with Crippen LogP contribution in [0.25, 0.3) is 0 Å². The molecular weight excluding hydrogens is 164 g/mol. The largest absolute Gasteiger partial charge is 0.457 e. The Labute approximate surface area is 68.6 Å². The summed E-state index contributed by atoms with van der Waals surface area (Å²) in [6.07, 6.45) is -2.92. The fourth-order valence-corrected chi connectivity index (χ4v) is 1.78. The third-order valence-electron chi connectivity index (χ3n) is 2.50. The molecule has 1 saturated carbocycles. The highest BCUT2D eigenvalue weighted by molar-refractivity contribution is 5.82. The molecule has 0 aromatic heterocycles. The minimum atomic E-state index is -1.57. The van der Waals surface area contributed by atoms with E-state index in [9.17, 15) is 20.1 Å². The maximum absolute atomic E-state index is 11.0. The maximum atomic E-state index is 11.0. The van der Waals surface area contributed by atoms with E-state index in [1.54, 1.807) is 0 Å². The molecule has 1 aliphatic heterocycles. The van der Waals surface area contributed by atoms with Gasteiger partial charge in [-0.2, -0.15) is 0 Å². The van der Waals surface area contributed by atoms with E-state index in [4.69, 9.17) is 0 Å². The Bertz CT molecular complexity index is 228. The topological polar surface area (TPSA) is 87.0 Å². The molecule has 2 fully saturated rings. The Kier molecular flexibility index (Phi) is 1.45. The lowest BCUT2D eigenvalue weighted by atomic mass is 9.82. The van der Waals surface area contributed by atoms with E-state index in [2.05, 4.69) is 4.74 Å². The van der Waals surface area contributed by atoms with Gasteiger partial charge in [-0.05, 0) is 0 Å². The second-order valence-electron chi connectivity index (χ2n) is 3.44. The highest BCUT2D eigenvalue weighted by Crippen LogP contribution is 2.37. The lowest BCUT2D eigenvalue weighted by Gasteiger charge is -2.30. The number of hydrogen-bond acceptors (Lipinski definition) is 5. The smallest absolute Gasteiger partial charge is 0.338 e.